The minimum Gasteiger partial charge on any atom is -0.454 e. The Labute approximate surface area is 142 Å². The molecule has 0 bridgehead atoms. The first kappa shape index (κ1) is 16.6. The second-order valence-electron chi connectivity index (χ2n) is 5.00. The van der Waals surface area contributed by atoms with Crippen LogP contribution in [0.15, 0.2) is 49.0 Å². The van der Waals surface area contributed by atoms with Crippen LogP contribution in [0.2, 0.25) is 0 Å². The summed E-state index contributed by atoms with van der Waals surface area (Å²) in [5.41, 5.74) is 5.86. The molecule has 1 heterocycles. The Morgan fingerprint density at radius 3 is 2.68 bits per heavy atom. The lowest BCUT2D eigenvalue weighted by atomic mass is 10.1. The number of hydrogen-bond donors (Lipinski definition) is 2. The number of rotatable bonds is 6. The van der Waals surface area contributed by atoms with Crippen LogP contribution >= 0.6 is 0 Å². The molecule has 1 aliphatic heterocycles. The van der Waals surface area contributed by atoms with Gasteiger partial charge in [0.2, 0.25) is 6.79 Å². The van der Waals surface area contributed by atoms with Crippen molar-refractivity contribution >= 4 is 11.6 Å². The number of para-hydroxylation sites is 1. The molecule has 25 heavy (non-hydrogen) atoms. The number of carbonyl (C=O) groups excluding carboxylic acids is 1. The van der Waals surface area contributed by atoms with Crippen molar-refractivity contribution < 1.29 is 27.8 Å². The summed E-state index contributed by atoms with van der Waals surface area (Å²) < 4.78 is 39.7. The Morgan fingerprint density at radius 1 is 1.12 bits per heavy atom. The van der Waals surface area contributed by atoms with Crippen LogP contribution in [0.3, 0.4) is 0 Å². The van der Waals surface area contributed by atoms with E-state index in [-0.39, 0.29) is 18.2 Å². The Bertz CT molecular complexity index is 811. The van der Waals surface area contributed by atoms with Crippen LogP contribution in [0.1, 0.15) is 15.9 Å². The Kier molecular flexibility index (Phi) is 4.69. The van der Waals surface area contributed by atoms with Crippen molar-refractivity contribution in [1.82, 2.24) is 10.9 Å². The topological polar surface area (TPSA) is 68.8 Å². The zero-order valence-corrected chi connectivity index (χ0v) is 12.9. The fraction of sp³-hybridized carbons (Fsp3) is 0.118. The van der Waals surface area contributed by atoms with Gasteiger partial charge in [-0.15, -0.1) is 0 Å². The first-order valence-corrected chi connectivity index (χ1v) is 7.23. The summed E-state index contributed by atoms with van der Waals surface area (Å²) in [6.45, 7) is 0.868. The van der Waals surface area contributed by atoms with E-state index < -0.39 is 12.5 Å². The molecule has 0 spiro atoms. The zero-order chi connectivity index (χ0) is 17.8. The van der Waals surface area contributed by atoms with Crippen LogP contribution in [0.25, 0.3) is 5.70 Å². The van der Waals surface area contributed by atoms with Gasteiger partial charge in [-0.2, -0.15) is 8.78 Å². The quantitative estimate of drug-likeness (QED) is 0.786. The highest BCUT2D eigenvalue weighted by atomic mass is 19.3. The largest absolute Gasteiger partial charge is 0.454 e. The smallest absolute Gasteiger partial charge is 0.387 e. The van der Waals surface area contributed by atoms with Gasteiger partial charge in [0.15, 0.2) is 11.5 Å². The third-order valence-electron chi connectivity index (χ3n) is 3.39. The monoisotopic (exact) mass is 348 g/mol. The van der Waals surface area contributed by atoms with Crippen LogP contribution in [0.4, 0.5) is 8.78 Å². The molecule has 0 atom stereocenters. The number of alkyl halides is 2. The Balaban J connectivity index is 1.65. The van der Waals surface area contributed by atoms with Crippen molar-refractivity contribution in [2.45, 2.75) is 6.61 Å². The summed E-state index contributed by atoms with van der Waals surface area (Å²) in [5, 5.41) is 0. The summed E-state index contributed by atoms with van der Waals surface area (Å²) in [5.74, 6) is 0.535. The van der Waals surface area contributed by atoms with E-state index in [0.29, 0.717) is 22.6 Å². The molecule has 0 radical (unpaired) electrons. The molecule has 0 unspecified atom stereocenters. The van der Waals surface area contributed by atoms with Gasteiger partial charge in [0.05, 0.1) is 5.70 Å². The number of hydrazine groups is 1. The molecule has 2 aromatic carbocycles. The number of ether oxygens (including phenoxy) is 3. The highest BCUT2D eigenvalue weighted by Crippen LogP contribution is 2.32. The number of halogens is 2. The summed E-state index contributed by atoms with van der Waals surface area (Å²) in [6, 6.07) is 10.8. The molecule has 3 rings (SSSR count). The predicted molar refractivity (Wildman–Crippen MR) is 85.3 cm³/mol. The van der Waals surface area contributed by atoms with Gasteiger partial charge in [0.25, 0.3) is 5.91 Å². The minimum absolute atomic E-state index is 0.0488. The molecule has 2 N–H and O–H groups in total. The molecule has 1 aliphatic rings. The number of fused-ring (bicyclic) bond motifs is 1. The lowest BCUT2D eigenvalue weighted by molar-refractivity contribution is -0.0500. The van der Waals surface area contributed by atoms with Gasteiger partial charge < -0.3 is 14.2 Å². The van der Waals surface area contributed by atoms with Gasteiger partial charge in [-0.3, -0.25) is 15.6 Å². The second kappa shape index (κ2) is 7.08. The van der Waals surface area contributed by atoms with Crippen LogP contribution in [0, 0.1) is 0 Å². The molecule has 0 aliphatic carbocycles. The summed E-state index contributed by atoms with van der Waals surface area (Å²) in [6.07, 6.45) is 0. The minimum atomic E-state index is -2.96. The van der Waals surface area contributed by atoms with Gasteiger partial charge in [0.1, 0.15) is 5.75 Å². The van der Waals surface area contributed by atoms with E-state index in [1.165, 1.54) is 12.1 Å². The van der Waals surface area contributed by atoms with Crippen LogP contribution < -0.4 is 25.1 Å². The van der Waals surface area contributed by atoms with E-state index in [2.05, 4.69) is 22.2 Å². The molecule has 0 saturated heterocycles. The SMILES string of the molecule is C=C(NNC(=O)c1ccc2c(c1)OCO2)c1ccccc1OC(F)F. The second-order valence-corrected chi connectivity index (χ2v) is 5.00. The predicted octanol–water partition coefficient (Wildman–Crippen LogP) is 2.92. The highest BCUT2D eigenvalue weighted by molar-refractivity contribution is 5.95. The fourth-order valence-corrected chi connectivity index (χ4v) is 2.22. The van der Waals surface area contributed by atoms with E-state index in [4.69, 9.17) is 9.47 Å². The number of benzene rings is 2. The highest BCUT2D eigenvalue weighted by Gasteiger charge is 2.17. The molecule has 8 heteroatoms. The molecule has 0 fully saturated rings. The van der Waals surface area contributed by atoms with Gasteiger partial charge in [-0.05, 0) is 30.3 Å². The summed E-state index contributed by atoms with van der Waals surface area (Å²) in [7, 11) is 0. The number of nitrogens with one attached hydrogen (secondary N) is 2. The fourth-order valence-electron chi connectivity index (χ4n) is 2.22. The first-order chi connectivity index (χ1) is 12.0. The molecule has 2 aromatic rings. The van der Waals surface area contributed by atoms with E-state index >= 15 is 0 Å². The first-order valence-electron chi connectivity index (χ1n) is 7.23. The van der Waals surface area contributed by atoms with E-state index in [9.17, 15) is 13.6 Å². The van der Waals surface area contributed by atoms with Crippen molar-refractivity contribution in [3.63, 3.8) is 0 Å². The van der Waals surface area contributed by atoms with Crippen LogP contribution in [0.5, 0.6) is 17.2 Å². The average molecular weight is 348 g/mol. The van der Waals surface area contributed by atoms with Crippen molar-refractivity contribution in [1.29, 1.82) is 0 Å². The molecule has 0 saturated carbocycles. The zero-order valence-electron chi connectivity index (χ0n) is 12.9. The van der Waals surface area contributed by atoms with Gasteiger partial charge in [-0.1, -0.05) is 18.7 Å². The van der Waals surface area contributed by atoms with Crippen molar-refractivity contribution in [3.05, 3.63) is 60.2 Å². The third kappa shape index (κ3) is 3.79. The number of amides is 1. The Hall–Kier alpha value is -3.29. The Morgan fingerprint density at radius 2 is 1.88 bits per heavy atom. The van der Waals surface area contributed by atoms with Gasteiger partial charge in [-0.25, -0.2) is 0 Å². The molecular weight excluding hydrogens is 334 g/mol. The summed E-state index contributed by atoms with van der Waals surface area (Å²) >= 11 is 0. The van der Waals surface area contributed by atoms with Crippen molar-refractivity contribution in [2.24, 2.45) is 0 Å². The lowest BCUT2D eigenvalue weighted by Crippen LogP contribution is -2.35. The third-order valence-corrected chi connectivity index (χ3v) is 3.39. The van der Waals surface area contributed by atoms with Gasteiger partial charge in [0, 0.05) is 11.1 Å². The standard InChI is InChI=1S/C17H14F2N2O4/c1-10(12-4-2-3-5-13(12)25-17(18)19)20-21-16(22)11-6-7-14-15(8-11)24-9-23-14/h2-8,17,20H,1,9H2,(H,21,22). The van der Waals surface area contributed by atoms with E-state index in [1.807, 2.05) is 0 Å². The van der Waals surface area contributed by atoms with E-state index in [0.717, 1.165) is 0 Å². The maximum atomic E-state index is 12.4. The molecule has 0 aromatic heterocycles. The van der Waals surface area contributed by atoms with Crippen molar-refractivity contribution in [2.75, 3.05) is 6.79 Å². The lowest BCUT2D eigenvalue weighted by Gasteiger charge is -2.15. The number of carbonyl (C=O) groups is 1. The summed E-state index contributed by atoms with van der Waals surface area (Å²) in [4.78, 5) is 12.2. The molecular formula is C17H14F2N2O4. The molecule has 6 nitrogen and oxygen atoms in total. The molecule has 130 valence electrons. The number of hydrogen-bond acceptors (Lipinski definition) is 5. The van der Waals surface area contributed by atoms with Crippen LogP contribution in [-0.4, -0.2) is 19.3 Å². The van der Waals surface area contributed by atoms with Gasteiger partial charge >= 0.3 is 6.61 Å². The average Bonchev–Trinajstić information content (AvgIpc) is 3.07. The normalized spacial score (nSPS) is 12.0. The van der Waals surface area contributed by atoms with Crippen LogP contribution in [-0.2, 0) is 0 Å². The van der Waals surface area contributed by atoms with Crippen molar-refractivity contribution in [3.8, 4) is 17.2 Å². The van der Waals surface area contributed by atoms with E-state index in [1.54, 1.807) is 30.3 Å². The molecule has 1 amide bonds. The maximum absolute atomic E-state index is 12.4. The maximum Gasteiger partial charge on any atom is 0.387 e.